The molecule has 0 N–H and O–H groups in total. The van der Waals surface area contributed by atoms with Crippen LogP contribution in [-0.4, -0.2) is 9.91 Å². The van der Waals surface area contributed by atoms with Gasteiger partial charge in [0.25, 0.3) is 0 Å². The number of hydrogen-bond donors (Lipinski definition) is 0. The Balaban J connectivity index is 2.02. The Morgan fingerprint density at radius 3 is 2.57 bits per heavy atom. The first-order chi connectivity index (χ1) is 10.1. The number of hydrogen-bond acceptors (Lipinski definition) is 3. The summed E-state index contributed by atoms with van der Waals surface area (Å²) in [5.74, 6) is 0. The number of rotatable bonds is 3. The number of nitro groups is 1. The van der Waals surface area contributed by atoms with Crippen molar-refractivity contribution in [3.63, 3.8) is 0 Å². The molecule has 0 aliphatic rings. The summed E-state index contributed by atoms with van der Waals surface area (Å²) in [5.41, 5.74) is 2.79. The third-order valence-electron chi connectivity index (χ3n) is 3.30. The molecule has 104 valence electrons. The number of pyridine rings is 1. The van der Waals surface area contributed by atoms with Crippen LogP contribution in [0.4, 0.5) is 5.69 Å². The fourth-order valence-electron chi connectivity index (χ4n) is 2.26. The van der Waals surface area contributed by atoms with Crippen molar-refractivity contribution in [1.29, 1.82) is 0 Å². The largest absolute Gasteiger partial charge is 0.306 e. The molecule has 0 aliphatic heterocycles. The highest BCUT2D eigenvalue weighted by atomic mass is 35.5. The van der Waals surface area contributed by atoms with E-state index < -0.39 is 4.92 Å². The van der Waals surface area contributed by atoms with Crippen LogP contribution in [0.25, 0.3) is 10.9 Å². The summed E-state index contributed by atoms with van der Waals surface area (Å²) in [7, 11) is 0. The number of halogens is 1. The van der Waals surface area contributed by atoms with Gasteiger partial charge in [-0.25, -0.2) is 4.98 Å². The normalized spacial score (nSPS) is 10.7. The second-order valence-corrected chi connectivity index (χ2v) is 5.11. The minimum absolute atomic E-state index is 0.135. The second kappa shape index (κ2) is 5.50. The van der Waals surface area contributed by atoms with Crippen LogP contribution in [0.2, 0.25) is 5.02 Å². The van der Waals surface area contributed by atoms with Gasteiger partial charge in [-0.05, 0) is 23.6 Å². The average molecular weight is 299 g/mol. The fourth-order valence-corrected chi connectivity index (χ4v) is 2.54. The Labute approximate surface area is 126 Å². The van der Waals surface area contributed by atoms with Crippen LogP contribution >= 0.6 is 11.6 Å². The van der Waals surface area contributed by atoms with Gasteiger partial charge in [-0.3, -0.25) is 10.1 Å². The highest BCUT2D eigenvalue weighted by Crippen LogP contribution is 2.31. The van der Waals surface area contributed by atoms with Crippen LogP contribution in [0.1, 0.15) is 11.1 Å². The van der Waals surface area contributed by atoms with Gasteiger partial charge >= 0.3 is 5.69 Å². The summed E-state index contributed by atoms with van der Waals surface area (Å²) < 4.78 is 0. The molecular formula is C16H11ClN2O2. The van der Waals surface area contributed by atoms with Crippen LogP contribution in [0, 0.1) is 10.1 Å². The van der Waals surface area contributed by atoms with Crippen molar-refractivity contribution in [1.82, 2.24) is 4.98 Å². The predicted molar refractivity (Wildman–Crippen MR) is 82.7 cm³/mol. The van der Waals surface area contributed by atoms with Crippen molar-refractivity contribution in [2.24, 2.45) is 0 Å². The SMILES string of the molecule is O=[N+]([O-])c1cnc2cc(Cc3ccccc3)ccc2c1Cl. The molecule has 0 bridgehead atoms. The number of fused-ring (bicyclic) bond motifs is 1. The van der Waals surface area contributed by atoms with Crippen molar-refractivity contribution in [2.75, 3.05) is 0 Å². The molecule has 0 fully saturated rings. The Kier molecular flexibility index (Phi) is 3.54. The lowest BCUT2D eigenvalue weighted by atomic mass is 10.0. The lowest BCUT2D eigenvalue weighted by molar-refractivity contribution is -0.384. The second-order valence-electron chi connectivity index (χ2n) is 4.73. The summed E-state index contributed by atoms with van der Waals surface area (Å²) in [4.78, 5) is 14.5. The smallest absolute Gasteiger partial charge is 0.258 e. The van der Waals surface area contributed by atoms with Crippen LogP contribution in [0.15, 0.2) is 54.7 Å². The molecule has 21 heavy (non-hydrogen) atoms. The first-order valence-electron chi connectivity index (χ1n) is 6.40. The van der Waals surface area contributed by atoms with Gasteiger partial charge in [-0.15, -0.1) is 0 Å². The summed E-state index contributed by atoms with van der Waals surface area (Å²) in [5, 5.41) is 11.6. The maximum atomic E-state index is 10.9. The maximum absolute atomic E-state index is 10.9. The molecule has 0 amide bonds. The molecule has 2 aromatic carbocycles. The van der Waals surface area contributed by atoms with E-state index >= 15 is 0 Å². The Bertz CT molecular complexity index is 819. The van der Waals surface area contributed by atoms with Gasteiger partial charge in [-0.1, -0.05) is 54.1 Å². The van der Waals surface area contributed by atoms with Crippen molar-refractivity contribution >= 4 is 28.2 Å². The minimum Gasteiger partial charge on any atom is -0.258 e. The van der Waals surface area contributed by atoms with Gasteiger partial charge in [0.1, 0.15) is 11.2 Å². The van der Waals surface area contributed by atoms with Gasteiger partial charge in [-0.2, -0.15) is 0 Å². The molecule has 0 radical (unpaired) electrons. The van der Waals surface area contributed by atoms with Crippen molar-refractivity contribution in [3.05, 3.63) is 81.0 Å². The van der Waals surface area contributed by atoms with E-state index in [-0.39, 0.29) is 10.7 Å². The first-order valence-corrected chi connectivity index (χ1v) is 6.78. The maximum Gasteiger partial charge on any atom is 0.306 e. The average Bonchev–Trinajstić information content (AvgIpc) is 2.48. The van der Waals surface area contributed by atoms with E-state index in [4.69, 9.17) is 11.6 Å². The molecule has 4 nitrogen and oxygen atoms in total. The molecule has 0 saturated heterocycles. The molecule has 1 heterocycles. The van der Waals surface area contributed by atoms with Gasteiger partial charge in [0.15, 0.2) is 0 Å². The van der Waals surface area contributed by atoms with Gasteiger partial charge in [0.05, 0.1) is 10.4 Å². The molecule has 5 heteroatoms. The molecule has 0 spiro atoms. The van der Waals surface area contributed by atoms with E-state index in [0.717, 1.165) is 12.0 Å². The zero-order valence-electron chi connectivity index (χ0n) is 11.0. The predicted octanol–water partition coefficient (Wildman–Crippen LogP) is 4.39. The van der Waals surface area contributed by atoms with Gasteiger partial charge in [0.2, 0.25) is 0 Å². The molecule has 3 rings (SSSR count). The molecule has 0 saturated carbocycles. The minimum atomic E-state index is -0.521. The van der Waals surface area contributed by atoms with Crippen LogP contribution < -0.4 is 0 Å². The summed E-state index contributed by atoms with van der Waals surface area (Å²) >= 11 is 6.07. The van der Waals surface area contributed by atoms with E-state index in [1.165, 1.54) is 11.8 Å². The molecule has 3 aromatic rings. The van der Waals surface area contributed by atoms with Crippen LogP contribution in [0.5, 0.6) is 0 Å². The zero-order chi connectivity index (χ0) is 14.8. The highest BCUT2D eigenvalue weighted by molar-refractivity contribution is 6.37. The van der Waals surface area contributed by atoms with Crippen molar-refractivity contribution in [3.8, 4) is 0 Å². The highest BCUT2D eigenvalue weighted by Gasteiger charge is 2.16. The van der Waals surface area contributed by atoms with E-state index in [0.29, 0.717) is 10.9 Å². The number of aromatic nitrogens is 1. The van der Waals surface area contributed by atoms with Crippen molar-refractivity contribution in [2.45, 2.75) is 6.42 Å². The third-order valence-corrected chi connectivity index (χ3v) is 3.69. The Morgan fingerprint density at radius 2 is 1.86 bits per heavy atom. The van der Waals surface area contributed by atoms with Crippen LogP contribution in [0.3, 0.4) is 0 Å². The lowest BCUT2D eigenvalue weighted by Gasteiger charge is -2.05. The standard InChI is InChI=1S/C16H11ClN2O2/c17-16-13-7-6-12(8-11-4-2-1-3-5-11)9-14(13)18-10-15(16)19(20)21/h1-7,9-10H,8H2. The third kappa shape index (κ3) is 2.71. The molecule has 0 aliphatic carbocycles. The van der Waals surface area contributed by atoms with E-state index in [1.54, 1.807) is 6.07 Å². The Morgan fingerprint density at radius 1 is 1.10 bits per heavy atom. The monoisotopic (exact) mass is 298 g/mol. The number of nitrogens with zero attached hydrogens (tertiary/aromatic N) is 2. The lowest BCUT2D eigenvalue weighted by Crippen LogP contribution is -1.93. The first kappa shape index (κ1) is 13.5. The zero-order valence-corrected chi connectivity index (χ0v) is 11.7. The van der Waals surface area contributed by atoms with Crippen molar-refractivity contribution < 1.29 is 4.92 Å². The molecule has 1 aromatic heterocycles. The van der Waals surface area contributed by atoms with E-state index in [2.05, 4.69) is 17.1 Å². The topological polar surface area (TPSA) is 56.0 Å². The molecular weight excluding hydrogens is 288 g/mol. The number of benzene rings is 2. The Hall–Kier alpha value is -2.46. The fraction of sp³-hybridized carbons (Fsp3) is 0.0625. The van der Waals surface area contributed by atoms with Gasteiger partial charge < -0.3 is 0 Å². The summed E-state index contributed by atoms with van der Waals surface area (Å²) in [6.45, 7) is 0. The molecule has 0 atom stereocenters. The van der Waals surface area contributed by atoms with E-state index in [9.17, 15) is 10.1 Å². The summed E-state index contributed by atoms with van der Waals surface area (Å²) in [6, 6.07) is 15.7. The quantitative estimate of drug-likeness (QED) is 0.532. The van der Waals surface area contributed by atoms with E-state index in [1.807, 2.05) is 30.3 Å². The van der Waals surface area contributed by atoms with Gasteiger partial charge in [0, 0.05) is 5.39 Å². The van der Waals surface area contributed by atoms with Crippen LogP contribution in [-0.2, 0) is 6.42 Å². The summed E-state index contributed by atoms with van der Waals surface area (Å²) in [6.07, 6.45) is 1.99. The molecule has 0 unspecified atom stereocenters.